The fraction of sp³-hybridized carbons (Fsp3) is 0.125. The van der Waals surface area contributed by atoms with Crippen LogP contribution in [0.25, 0.3) is 0 Å². The maximum absolute atomic E-state index is 5.73. The first-order chi connectivity index (χ1) is 10.7. The zero-order chi connectivity index (χ0) is 15.8. The van der Waals surface area contributed by atoms with Gasteiger partial charge in [-0.25, -0.2) is 0 Å². The van der Waals surface area contributed by atoms with E-state index in [9.17, 15) is 0 Å². The van der Waals surface area contributed by atoms with E-state index in [1.807, 2.05) is 54.6 Å². The van der Waals surface area contributed by atoms with E-state index < -0.39 is 0 Å². The number of hydrogen-bond acceptors (Lipinski definition) is 4. The third-order valence-corrected chi connectivity index (χ3v) is 2.93. The van der Waals surface area contributed by atoms with E-state index in [1.165, 1.54) is 0 Å². The van der Waals surface area contributed by atoms with Gasteiger partial charge in [-0.2, -0.15) is 5.10 Å². The van der Waals surface area contributed by atoms with Gasteiger partial charge in [0.05, 0.1) is 7.11 Å². The quantitative estimate of drug-likeness (QED) is 0.486. The van der Waals surface area contributed by atoms with Crippen LogP contribution in [0.3, 0.4) is 0 Å². The fourth-order valence-electron chi connectivity index (χ4n) is 1.75. The molecule has 0 aliphatic heterocycles. The fourth-order valence-corrected chi connectivity index (χ4v) is 1.80. The summed E-state index contributed by atoms with van der Waals surface area (Å²) in [7, 11) is 1.62. The third-order valence-electron chi connectivity index (χ3n) is 2.84. The number of benzene rings is 2. The molecule has 2 aromatic carbocycles. The van der Waals surface area contributed by atoms with E-state index >= 15 is 0 Å². The Bertz CT molecular complexity index is 642. The van der Waals surface area contributed by atoms with Crippen LogP contribution in [0.4, 0.5) is 0 Å². The molecule has 0 amide bonds. The molecule has 22 heavy (non-hydrogen) atoms. The van der Waals surface area contributed by atoms with E-state index in [-0.39, 0.29) is 11.7 Å². The van der Waals surface area contributed by atoms with Gasteiger partial charge in [-0.05, 0) is 48.6 Å². The summed E-state index contributed by atoms with van der Waals surface area (Å²) in [4.78, 5) is 0. The lowest BCUT2D eigenvalue weighted by atomic mass is 10.1. The predicted octanol–water partition coefficient (Wildman–Crippen LogP) is 2.31. The highest BCUT2D eigenvalue weighted by atomic mass is 32.1. The molecule has 2 rings (SSSR count). The molecule has 0 atom stereocenters. The number of para-hydroxylation sites is 1. The predicted molar refractivity (Wildman–Crippen MR) is 91.4 cm³/mol. The van der Waals surface area contributed by atoms with Crippen LogP contribution < -0.4 is 20.6 Å². The number of thiocarbonyl (C=S) groups is 1. The van der Waals surface area contributed by atoms with Gasteiger partial charge in [0, 0.05) is 5.56 Å². The number of ether oxygens (including phenoxy) is 2. The van der Waals surface area contributed by atoms with Gasteiger partial charge in [0.2, 0.25) is 0 Å². The number of hydrazone groups is 1. The topological polar surface area (TPSA) is 68.9 Å². The zero-order valence-electron chi connectivity index (χ0n) is 12.2. The molecule has 0 fully saturated rings. The SMILES string of the molecule is COc1ccc(C(COc2ccccc2)=NNC(N)=S)cc1. The number of nitrogens with one attached hydrogen (secondary N) is 1. The highest BCUT2D eigenvalue weighted by molar-refractivity contribution is 7.80. The number of hydrogen-bond donors (Lipinski definition) is 2. The number of nitrogens with zero attached hydrogens (tertiary/aromatic N) is 1. The molecule has 0 bridgehead atoms. The lowest BCUT2D eigenvalue weighted by Crippen LogP contribution is -2.27. The van der Waals surface area contributed by atoms with Crippen LogP contribution in [0, 0.1) is 0 Å². The largest absolute Gasteiger partial charge is 0.497 e. The van der Waals surface area contributed by atoms with Gasteiger partial charge in [0.1, 0.15) is 23.8 Å². The molecule has 0 radical (unpaired) electrons. The van der Waals surface area contributed by atoms with Crippen LogP contribution in [0.5, 0.6) is 11.5 Å². The molecule has 2 aromatic rings. The molecule has 0 aromatic heterocycles. The van der Waals surface area contributed by atoms with Crippen LogP contribution in [-0.2, 0) is 0 Å². The molecular weight excluding hydrogens is 298 g/mol. The number of methoxy groups -OCH3 is 1. The van der Waals surface area contributed by atoms with Crippen molar-refractivity contribution in [3.8, 4) is 11.5 Å². The van der Waals surface area contributed by atoms with E-state index in [1.54, 1.807) is 7.11 Å². The Hall–Kier alpha value is -2.60. The molecule has 0 aliphatic rings. The number of nitrogens with two attached hydrogens (primary N) is 1. The van der Waals surface area contributed by atoms with Crippen LogP contribution in [0.2, 0.25) is 0 Å². The van der Waals surface area contributed by atoms with Crippen molar-refractivity contribution in [3.63, 3.8) is 0 Å². The normalized spacial score (nSPS) is 10.9. The maximum atomic E-state index is 5.73. The van der Waals surface area contributed by atoms with Gasteiger partial charge < -0.3 is 15.2 Å². The Morgan fingerprint density at radius 2 is 1.77 bits per heavy atom. The highest BCUT2D eigenvalue weighted by Gasteiger charge is 2.06. The third kappa shape index (κ3) is 4.75. The van der Waals surface area contributed by atoms with Crippen LogP contribution >= 0.6 is 12.2 Å². The van der Waals surface area contributed by atoms with Gasteiger partial charge in [-0.15, -0.1) is 0 Å². The van der Waals surface area contributed by atoms with Crippen molar-refractivity contribution in [2.75, 3.05) is 13.7 Å². The van der Waals surface area contributed by atoms with Gasteiger partial charge in [-0.1, -0.05) is 18.2 Å². The standard InChI is InChI=1S/C16H17N3O2S/c1-20-13-9-7-12(8-10-13)15(18-19-16(17)22)11-21-14-5-3-2-4-6-14/h2-10H,11H2,1H3,(H3,17,19,22). The summed E-state index contributed by atoms with van der Waals surface area (Å²) in [5, 5.41) is 4.30. The van der Waals surface area contributed by atoms with Crippen LogP contribution in [0.15, 0.2) is 59.7 Å². The Labute approximate surface area is 134 Å². The summed E-state index contributed by atoms with van der Waals surface area (Å²) in [6.07, 6.45) is 0. The molecule has 0 aliphatic carbocycles. The molecule has 0 heterocycles. The van der Waals surface area contributed by atoms with E-state index in [0.717, 1.165) is 17.1 Å². The van der Waals surface area contributed by atoms with Crippen LogP contribution in [-0.4, -0.2) is 24.5 Å². The summed E-state index contributed by atoms with van der Waals surface area (Å²) < 4.78 is 10.9. The van der Waals surface area contributed by atoms with E-state index in [4.69, 9.17) is 27.4 Å². The van der Waals surface area contributed by atoms with Crippen LogP contribution in [0.1, 0.15) is 5.56 Å². The molecule has 5 nitrogen and oxygen atoms in total. The summed E-state index contributed by atoms with van der Waals surface area (Å²) >= 11 is 4.78. The smallest absolute Gasteiger partial charge is 0.184 e. The second-order valence-corrected chi connectivity index (χ2v) is 4.80. The molecule has 0 unspecified atom stereocenters. The maximum Gasteiger partial charge on any atom is 0.184 e. The minimum absolute atomic E-state index is 0.103. The summed E-state index contributed by atoms with van der Waals surface area (Å²) in [6.45, 7) is 0.284. The lowest BCUT2D eigenvalue weighted by Gasteiger charge is -2.10. The highest BCUT2D eigenvalue weighted by Crippen LogP contribution is 2.14. The van der Waals surface area contributed by atoms with E-state index in [0.29, 0.717) is 5.71 Å². The summed E-state index contributed by atoms with van der Waals surface area (Å²) in [5.74, 6) is 1.54. The summed E-state index contributed by atoms with van der Waals surface area (Å²) in [5.41, 5.74) is 9.59. The van der Waals surface area contributed by atoms with Gasteiger partial charge in [0.25, 0.3) is 0 Å². The van der Waals surface area contributed by atoms with Gasteiger partial charge >= 0.3 is 0 Å². The molecule has 0 saturated heterocycles. The average Bonchev–Trinajstić information content (AvgIpc) is 2.56. The average molecular weight is 315 g/mol. The van der Waals surface area contributed by atoms with Crippen molar-refractivity contribution < 1.29 is 9.47 Å². The molecule has 6 heteroatoms. The molecule has 3 N–H and O–H groups in total. The first-order valence-electron chi connectivity index (χ1n) is 6.63. The van der Waals surface area contributed by atoms with Crippen molar-refractivity contribution in [1.82, 2.24) is 5.43 Å². The lowest BCUT2D eigenvalue weighted by molar-refractivity contribution is 0.376. The Balaban J connectivity index is 2.14. The monoisotopic (exact) mass is 315 g/mol. The van der Waals surface area contributed by atoms with Gasteiger partial charge in [-0.3, -0.25) is 5.43 Å². The van der Waals surface area contributed by atoms with Crippen molar-refractivity contribution in [1.29, 1.82) is 0 Å². The van der Waals surface area contributed by atoms with Gasteiger partial charge in [0.15, 0.2) is 5.11 Å². The van der Waals surface area contributed by atoms with Crippen molar-refractivity contribution in [3.05, 3.63) is 60.2 Å². The second kappa shape index (κ2) is 7.99. The van der Waals surface area contributed by atoms with E-state index in [2.05, 4.69) is 10.5 Å². The zero-order valence-corrected chi connectivity index (χ0v) is 13.0. The molecular formula is C16H17N3O2S. The molecule has 0 spiro atoms. The molecule has 114 valence electrons. The Kier molecular flexibility index (Phi) is 5.73. The Morgan fingerprint density at radius 3 is 2.36 bits per heavy atom. The minimum Gasteiger partial charge on any atom is -0.497 e. The summed E-state index contributed by atoms with van der Waals surface area (Å²) in [6, 6.07) is 17.0. The first kappa shape index (κ1) is 15.8. The van der Waals surface area contributed by atoms with Crippen molar-refractivity contribution in [2.45, 2.75) is 0 Å². The van der Waals surface area contributed by atoms with Crippen molar-refractivity contribution in [2.24, 2.45) is 10.8 Å². The second-order valence-electron chi connectivity index (χ2n) is 4.36. The number of rotatable bonds is 6. The Morgan fingerprint density at radius 1 is 1.09 bits per heavy atom. The minimum atomic E-state index is 0.103. The first-order valence-corrected chi connectivity index (χ1v) is 7.04. The van der Waals surface area contributed by atoms with Crippen molar-refractivity contribution >= 4 is 23.0 Å². The molecule has 0 saturated carbocycles.